The van der Waals surface area contributed by atoms with Gasteiger partial charge in [-0.25, -0.2) is 14.8 Å². The quantitative estimate of drug-likeness (QED) is 0.449. The topological polar surface area (TPSA) is 84.9 Å². The highest BCUT2D eigenvalue weighted by Gasteiger charge is 2.25. The Bertz CT molecular complexity index is 1160. The average Bonchev–Trinajstić information content (AvgIpc) is 3.09. The Hall–Kier alpha value is -3.46. The summed E-state index contributed by atoms with van der Waals surface area (Å²) in [7, 11) is 0. The number of anilines is 1. The number of aryl methyl sites for hydroxylation is 1. The van der Waals surface area contributed by atoms with E-state index in [9.17, 15) is 9.59 Å². The number of thiazole rings is 1. The lowest BCUT2D eigenvalue weighted by atomic mass is 10.2. The standard InChI is InChI=1S/C26H30N4O4S/c1-4-33-21-10-7-19(8-11-21)24-28-18(3)23(35-24)25(31)30-14-6-13-29(15-16-30)22-12-9-20(17-27-22)26(32)34-5-2/h7-12,17H,4-6,13-16H2,1-3H3. The van der Waals surface area contributed by atoms with Crippen molar-refractivity contribution in [1.29, 1.82) is 0 Å². The summed E-state index contributed by atoms with van der Waals surface area (Å²) in [5.41, 5.74) is 2.16. The molecule has 0 aliphatic carbocycles. The first-order valence-electron chi connectivity index (χ1n) is 11.9. The van der Waals surface area contributed by atoms with Gasteiger partial charge in [-0.2, -0.15) is 0 Å². The second-order valence-corrected chi connectivity index (χ2v) is 9.15. The SMILES string of the molecule is CCOC(=O)c1ccc(N2CCCN(C(=O)c3sc(-c4ccc(OCC)cc4)nc3C)CC2)nc1. The van der Waals surface area contributed by atoms with E-state index in [1.54, 1.807) is 19.2 Å². The zero-order valence-electron chi connectivity index (χ0n) is 20.3. The van der Waals surface area contributed by atoms with E-state index in [-0.39, 0.29) is 11.9 Å². The van der Waals surface area contributed by atoms with Crippen LogP contribution in [-0.2, 0) is 4.74 Å². The van der Waals surface area contributed by atoms with Crippen molar-refractivity contribution in [3.63, 3.8) is 0 Å². The van der Waals surface area contributed by atoms with Crippen LogP contribution in [0.15, 0.2) is 42.6 Å². The molecule has 2 aromatic heterocycles. The summed E-state index contributed by atoms with van der Waals surface area (Å²) in [6, 6.07) is 11.4. The molecule has 1 aliphatic heterocycles. The Kier molecular flexibility index (Phi) is 7.97. The van der Waals surface area contributed by atoms with E-state index in [4.69, 9.17) is 9.47 Å². The van der Waals surface area contributed by atoms with Crippen LogP contribution in [0, 0.1) is 6.92 Å². The molecule has 35 heavy (non-hydrogen) atoms. The minimum Gasteiger partial charge on any atom is -0.494 e. The molecule has 1 aliphatic rings. The van der Waals surface area contributed by atoms with Crippen LogP contribution in [0.25, 0.3) is 10.6 Å². The molecule has 3 heterocycles. The number of rotatable bonds is 7. The van der Waals surface area contributed by atoms with Gasteiger partial charge < -0.3 is 19.3 Å². The highest BCUT2D eigenvalue weighted by atomic mass is 32.1. The number of aromatic nitrogens is 2. The molecule has 0 atom stereocenters. The molecule has 0 saturated carbocycles. The number of pyridine rings is 1. The van der Waals surface area contributed by atoms with Crippen LogP contribution in [0.5, 0.6) is 5.75 Å². The number of ether oxygens (including phenoxy) is 2. The Morgan fingerprint density at radius 1 is 1.00 bits per heavy atom. The number of hydrogen-bond donors (Lipinski definition) is 0. The second kappa shape index (κ2) is 11.3. The molecular formula is C26H30N4O4S. The number of carbonyl (C=O) groups excluding carboxylic acids is 2. The summed E-state index contributed by atoms with van der Waals surface area (Å²) in [5.74, 6) is 1.26. The van der Waals surface area contributed by atoms with Gasteiger partial charge in [0, 0.05) is 37.9 Å². The molecule has 3 aromatic rings. The van der Waals surface area contributed by atoms with Crippen LogP contribution < -0.4 is 9.64 Å². The summed E-state index contributed by atoms with van der Waals surface area (Å²) in [4.78, 5) is 39.1. The van der Waals surface area contributed by atoms with Crippen LogP contribution in [-0.4, -0.2) is 66.1 Å². The van der Waals surface area contributed by atoms with Gasteiger partial charge in [-0.05, 0) is 63.6 Å². The zero-order chi connectivity index (χ0) is 24.8. The van der Waals surface area contributed by atoms with Gasteiger partial charge in [0.15, 0.2) is 0 Å². The van der Waals surface area contributed by atoms with E-state index in [2.05, 4.69) is 14.9 Å². The van der Waals surface area contributed by atoms with Crippen molar-refractivity contribution >= 4 is 29.0 Å². The van der Waals surface area contributed by atoms with Crippen LogP contribution in [0.3, 0.4) is 0 Å². The summed E-state index contributed by atoms with van der Waals surface area (Å²) in [6.45, 7) is 9.29. The fraction of sp³-hybridized carbons (Fsp3) is 0.385. The summed E-state index contributed by atoms with van der Waals surface area (Å²) < 4.78 is 10.5. The van der Waals surface area contributed by atoms with Gasteiger partial charge in [-0.15, -0.1) is 11.3 Å². The Morgan fingerprint density at radius 3 is 2.49 bits per heavy atom. The normalized spacial score (nSPS) is 13.9. The number of benzene rings is 1. The fourth-order valence-corrected chi connectivity index (χ4v) is 5.02. The van der Waals surface area contributed by atoms with Crippen molar-refractivity contribution in [2.75, 3.05) is 44.3 Å². The van der Waals surface area contributed by atoms with E-state index >= 15 is 0 Å². The predicted molar refractivity (Wildman–Crippen MR) is 136 cm³/mol. The summed E-state index contributed by atoms with van der Waals surface area (Å²) >= 11 is 1.43. The molecule has 1 aromatic carbocycles. The molecule has 184 valence electrons. The molecule has 0 spiro atoms. The molecular weight excluding hydrogens is 464 g/mol. The number of amides is 1. The highest BCUT2D eigenvalue weighted by molar-refractivity contribution is 7.17. The summed E-state index contributed by atoms with van der Waals surface area (Å²) in [6.07, 6.45) is 2.38. The van der Waals surface area contributed by atoms with Gasteiger partial charge in [0.05, 0.1) is 24.5 Å². The molecule has 4 rings (SSSR count). The fourth-order valence-electron chi connectivity index (χ4n) is 3.98. The molecule has 9 heteroatoms. The molecule has 0 radical (unpaired) electrons. The van der Waals surface area contributed by atoms with Gasteiger partial charge >= 0.3 is 5.97 Å². The van der Waals surface area contributed by atoms with E-state index in [0.29, 0.717) is 43.3 Å². The third kappa shape index (κ3) is 5.79. The average molecular weight is 495 g/mol. The lowest BCUT2D eigenvalue weighted by Crippen LogP contribution is -2.35. The predicted octanol–water partition coefficient (Wildman–Crippen LogP) is 4.44. The highest BCUT2D eigenvalue weighted by Crippen LogP contribution is 2.30. The Morgan fingerprint density at radius 2 is 1.80 bits per heavy atom. The maximum absolute atomic E-state index is 13.4. The van der Waals surface area contributed by atoms with Gasteiger partial charge in [0.25, 0.3) is 5.91 Å². The van der Waals surface area contributed by atoms with E-state index < -0.39 is 0 Å². The van der Waals surface area contributed by atoms with Gasteiger partial charge in [-0.1, -0.05) is 0 Å². The minimum atomic E-state index is -0.372. The number of hydrogen-bond acceptors (Lipinski definition) is 8. The van der Waals surface area contributed by atoms with Crippen molar-refractivity contribution in [2.24, 2.45) is 0 Å². The number of nitrogens with zero attached hydrogens (tertiary/aromatic N) is 4. The van der Waals surface area contributed by atoms with Gasteiger partial charge in [-0.3, -0.25) is 4.79 Å². The third-order valence-corrected chi connectivity index (χ3v) is 6.96. The van der Waals surface area contributed by atoms with Crippen molar-refractivity contribution in [3.05, 3.63) is 58.7 Å². The molecule has 8 nitrogen and oxygen atoms in total. The second-order valence-electron chi connectivity index (χ2n) is 8.15. The smallest absolute Gasteiger partial charge is 0.339 e. The maximum Gasteiger partial charge on any atom is 0.339 e. The number of esters is 1. The first kappa shape index (κ1) is 24.7. The van der Waals surface area contributed by atoms with E-state index in [1.165, 1.54) is 11.3 Å². The van der Waals surface area contributed by atoms with Crippen molar-refractivity contribution in [3.8, 4) is 16.3 Å². The molecule has 0 bridgehead atoms. The molecule has 1 amide bonds. The molecule has 1 fully saturated rings. The third-order valence-electron chi connectivity index (χ3n) is 5.77. The number of carbonyl (C=O) groups is 2. The van der Waals surface area contributed by atoms with Gasteiger partial charge in [0.2, 0.25) is 0 Å². The Balaban J connectivity index is 1.42. The van der Waals surface area contributed by atoms with Crippen LogP contribution >= 0.6 is 11.3 Å². The van der Waals surface area contributed by atoms with Gasteiger partial charge in [0.1, 0.15) is 21.5 Å². The monoisotopic (exact) mass is 494 g/mol. The zero-order valence-corrected chi connectivity index (χ0v) is 21.1. The van der Waals surface area contributed by atoms with E-state index in [0.717, 1.165) is 40.8 Å². The molecule has 1 saturated heterocycles. The maximum atomic E-state index is 13.4. The lowest BCUT2D eigenvalue weighted by Gasteiger charge is -2.22. The van der Waals surface area contributed by atoms with Crippen molar-refractivity contribution in [2.45, 2.75) is 27.2 Å². The van der Waals surface area contributed by atoms with Crippen LogP contribution in [0.2, 0.25) is 0 Å². The van der Waals surface area contributed by atoms with Crippen molar-refractivity contribution < 1.29 is 19.1 Å². The lowest BCUT2D eigenvalue weighted by molar-refractivity contribution is 0.0525. The largest absolute Gasteiger partial charge is 0.494 e. The first-order chi connectivity index (χ1) is 17.0. The van der Waals surface area contributed by atoms with Crippen LogP contribution in [0.1, 0.15) is 46.0 Å². The first-order valence-corrected chi connectivity index (χ1v) is 12.7. The Labute approximate surface area is 209 Å². The van der Waals surface area contributed by atoms with Crippen molar-refractivity contribution in [1.82, 2.24) is 14.9 Å². The van der Waals surface area contributed by atoms with Crippen LogP contribution in [0.4, 0.5) is 5.82 Å². The van der Waals surface area contributed by atoms with E-state index in [1.807, 2.05) is 49.1 Å². The molecule has 0 N–H and O–H groups in total. The summed E-state index contributed by atoms with van der Waals surface area (Å²) in [5, 5.41) is 0.830. The molecule has 0 unspecified atom stereocenters. The minimum absolute atomic E-state index is 0.0182.